The lowest BCUT2D eigenvalue weighted by Crippen LogP contribution is -2.14. The summed E-state index contributed by atoms with van der Waals surface area (Å²) in [6.07, 6.45) is 0. The molecule has 146 valence electrons. The maximum Gasteiger partial charge on any atom is 0.234 e. The molecule has 2 aromatic carbocycles. The van der Waals surface area contributed by atoms with Gasteiger partial charge in [0.2, 0.25) is 5.91 Å². The van der Waals surface area contributed by atoms with Gasteiger partial charge in [-0.3, -0.25) is 9.36 Å². The smallest absolute Gasteiger partial charge is 0.234 e. The van der Waals surface area contributed by atoms with Crippen LogP contribution in [0.3, 0.4) is 0 Å². The monoisotopic (exact) mass is 398 g/mol. The van der Waals surface area contributed by atoms with Crippen LogP contribution >= 0.6 is 11.8 Å². The van der Waals surface area contributed by atoms with Crippen LogP contribution in [0.25, 0.3) is 5.69 Å². The molecule has 0 fully saturated rings. The van der Waals surface area contributed by atoms with Gasteiger partial charge in [-0.2, -0.15) is 0 Å². The standard InChI is InChI=1S/C20H22N4O3S/c1-14-22-23-20(24(14)17-7-9-18(27-3)10-8-17)28-13-19(25)21-16-6-4-5-15(11-16)12-26-2/h4-11H,12-13H2,1-3H3,(H,21,25). The van der Waals surface area contributed by atoms with Crippen LogP contribution in [0, 0.1) is 6.92 Å². The lowest BCUT2D eigenvalue weighted by atomic mass is 10.2. The van der Waals surface area contributed by atoms with Crippen molar-refractivity contribution >= 4 is 23.4 Å². The van der Waals surface area contributed by atoms with E-state index in [0.717, 1.165) is 28.5 Å². The molecule has 7 nitrogen and oxygen atoms in total. The molecule has 1 N–H and O–H groups in total. The maximum absolute atomic E-state index is 12.4. The zero-order valence-corrected chi connectivity index (χ0v) is 16.8. The summed E-state index contributed by atoms with van der Waals surface area (Å²) < 4.78 is 12.2. The minimum absolute atomic E-state index is 0.110. The van der Waals surface area contributed by atoms with E-state index in [0.29, 0.717) is 11.8 Å². The first-order chi connectivity index (χ1) is 13.6. The van der Waals surface area contributed by atoms with Gasteiger partial charge in [0, 0.05) is 18.5 Å². The zero-order chi connectivity index (χ0) is 19.9. The average molecular weight is 398 g/mol. The molecule has 28 heavy (non-hydrogen) atoms. The summed E-state index contributed by atoms with van der Waals surface area (Å²) in [7, 11) is 3.27. The van der Waals surface area contributed by atoms with Crippen LogP contribution in [0.15, 0.2) is 53.7 Å². The molecule has 0 aliphatic carbocycles. The van der Waals surface area contributed by atoms with Crippen LogP contribution in [0.4, 0.5) is 5.69 Å². The molecule has 1 aromatic heterocycles. The number of ether oxygens (including phenoxy) is 2. The normalized spacial score (nSPS) is 10.7. The highest BCUT2D eigenvalue weighted by Gasteiger charge is 2.14. The first kappa shape index (κ1) is 19.9. The van der Waals surface area contributed by atoms with E-state index in [1.807, 2.05) is 60.0 Å². The summed E-state index contributed by atoms with van der Waals surface area (Å²) in [5, 5.41) is 11.9. The summed E-state index contributed by atoms with van der Waals surface area (Å²) >= 11 is 1.34. The van der Waals surface area contributed by atoms with Crippen LogP contribution in [0.5, 0.6) is 5.75 Å². The van der Waals surface area contributed by atoms with Crippen molar-refractivity contribution in [2.45, 2.75) is 18.7 Å². The fourth-order valence-electron chi connectivity index (χ4n) is 2.70. The molecule has 0 aliphatic rings. The first-order valence-corrected chi connectivity index (χ1v) is 9.66. The lowest BCUT2D eigenvalue weighted by Gasteiger charge is -2.10. The highest BCUT2D eigenvalue weighted by atomic mass is 32.2. The molecule has 8 heteroatoms. The summed E-state index contributed by atoms with van der Waals surface area (Å²) in [6, 6.07) is 15.2. The number of amides is 1. The van der Waals surface area contributed by atoms with Crippen molar-refractivity contribution in [3.05, 3.63) is 59.9 Å². The quantitative estimate of drug-likeness (QED) is 0.586. The Morgan fingerprint density at radius 2 is 1.93 bits per heavy atom. The predicted octanol–water partition coefficient (Wildman–Crippen LogP) is 3.46. The van der Waals surface area contributed by atoms with Gasteiger partial charge in [-0.15, -0.1) is 10.2 Å². The number of methoxy groups -OCH3 is 2. The molecule has 3 aromatic rings. The van der Waals surface area contributed by atoms with Crippen LogP contribution in [0.2, 0.25) is 0 Å². The molecule has 0 saturated carbocycles. The van der Waals surface area contributed by atoms with E-state index in [1.54, 1.807) is 14.2 Å². The molecular formula is C20H22N4O3S. The Bertz CT molecular complexity index is 941. The van der Waals surface area contributed by atoms with Crippen molar-refractivity contribution in [3.8, 4) is 11.4 Å². The highest BCUT2D eigenvalue weighted by molar-refractivity contribution is 7.99. The molecule has 0 unspecified atom stereocenters. The highest BCUT2D eigenvalue weighted by Crippen LogP contribution is 2.23. The molecule has 0 radical (unpaired) electrons. The number of benzene rings is 2. The second-order valence-electron chi connectivity index (χ2n) is 6.03. The van der Waals surface area contributed by atoms with E-state index in [1.165, 1.54) is 11.8 Å². The van der Waals surface area contributed by atoms with Crippen LogP contribution < -0.4 is 10.1 Å². The Kier molecular flexibility index (Phi) is 6.67. The number of carbonyl (C=O) groups excluding carboxylic acids is 1. The van der Waals surface area contributed by atoms with Crippen molar-refractivity contribution in [3.63, 3.8) is 0 Å². The van der Waals surface area contributed by atoms with Gasteiger partial charge >= 0.3 is 0 Å². The number of anilines is 1. The average Bonchev–Trinajstić information content (AvgIpc) is 3.07. The van der Waals surface area contributed by atoms with E-state index in [2.05, 4.69) is 15.5 Å². The maximum atomic E-state index is 12.4. The van der Waals surface area contributed by atoms with E-state index in [-0.39, 0.29) is 11.7 Å². The largest absolute Gasteiger partial charge is 0.497 e. The van der Waals surface area contributed by atoms with Crippen molar-refractivity contribution in [1.82, 2.24) is 14.8 Å². The number of aryl methyl sites for hydroxylation is 1. The molecule has 3 rings (SSSR count). The summed E-state index contributed by atoms with van der Waals surface area (Å²) in [4.78, 5) is 12.4. The fraction of sp³-hybridized carbons (Fsp3) is 0.250. The number of hydrogen-bond donors (Lipinski definition) is 1. The Morgan fingerprint density at radius 3 is 2.64 bits per heavy atom. The van der Waals surface area contributed by atoms with Gasteiger partial charge in [0.15, 0.2) is 5.16 Å². The Morgan fingerprint density at radius 1 is 1.14 bits per heavy atom. The molecule has 1 heterocycles. The van der Waals surface area contributed by atoms with E-state index in [9.17, 15) is 4.79 Å². The van der Waals surface area contributed by atoms with Gasteiger partial charge in [0.1, 0.15) is 11.6 Å². The fourth-order valence-corrected chi connectivity index (χ4v) is 3.50. The lowest BCUT2D eigenvalue weighted by molar-refractivity contribution is -0.113. The van der Waals surface area contributed by atoms with Crippen molar-refractivity contribution in [2.24, 2.45) is 0 Å². The third kappa shape index (κ3) is 4.90. The second-order valence-corrected chi connectivity index (χ2v) is 6.98. The van der Waals surface area contributed by atoms with Gasteiger partial charge in [-0.1, -0.05) is 23.9 Å². The summed E-state index contributed by atoms with van der Waals surface area (Å²) in [6.45, 7) is 2.38. The van der Waals surface area contributed by atoms with Crippen molar-refractivity contribution < 1.29 is 14.3 Å². The molecule has 1 amide bonds. The van der Waals surface area contributed by atoms with Gasteiger partial charge in [0.05, 0.1) is 19.5 Å². The third-order valence-electron chi connectivity index (χ3n) is 3.98. The number of hydrogen-bond acceptors (Lipinski definition) is 6. The van der Waals surface area contributed by atoms with Crippen LogP contribution in [-0.4, -0.2) is 40.6 Å². The predicted molar refractivity (Wildman–Crippen MR) is 109 cm³/mol. The van der Waals surface area contributed by atoms with Gasteiger partial charge in [-0.05, 0) is 48.9 Å². The summed E-state index contributed by atoms with van der Waals surface area (Å²) in [5.74, 6) is 1.64. The SMILES string of the molecule is COCc1cccc(NC(=O)CSc2nnc(C)n2-c2ccc(OC)cc2)c1. The summed E-state index contributed by atoms with van der Waals surface area (Å²) in [5.41, 5.74) is 2.66. The molecule has 0 aliphatic heterocycles. The topological polar surface area (TPSA) is 78.3 Å². The Balaban J connectivity index is 1.66. The van der Waals surface area contributed by atoms with Crippen molar-refractivity contribution in [1.29, 1.82) is 0 Å². The van der Waals surface area contributed by atoms with E-state index in [4.69, 9.17) is 9.47 Å². The van der Waals surface area contributed by atoms with E-state index >= 15 is 0 Å². The number of nitrogens with one attached hydrogen (secondary N) is 1. The Labute approximate surface area is 168 Å². The molecule has 0 spiro atoms. The number of aromatic nitrogens is 3. The molecule has 0 saturated heterocycles. The third-order valence-corrected chi connectivity index (χ3v) is 4.91. The van der Waals surface area contributed by atoms with Gasteiger partial charge in [-0.25, -0.2) is 0 Å². The van der Waals surface area contributed by atoms with Gasteiger partial charge in [0.25, 0.3) is 0 Å². The minimum atomic E-state index is -0.110. The first-order valence-electron chi connectivity index (χ1n) is 8.67. The van der Waals surface area contributed by atoms with E-state index < -0.39 is 0 Å². The van der Waals surface area contributed by atoms with Gasteiger partial charge < -0.3 is 14.8 Å². The molecule has 0 bridgehead atoms. The number of carbonyl (C=O) groups is 1. The second kappa shape index (κ2) is 9.38. The molecular weight excluding hydrogens is 376 g/mol. The molecule has 0 atom stereocenters. The van der Waals surface area contributed by atoms with Crippen molar-refractivity contribution in [2.75, 3.05) is 25.3 Å². The minimum Gasteiger partial charge on any atom is -0.497 e. The van der Waals surface area contributed by atoms with Crippen LogP contribution in [0.1, 0.15) is 11.4 Å². The number of rotatable bonds is 8. The Hall–Kier alpha value is -2.84. The zero-order valence-electron chi connectivity index (χ0n) is 16.0. The van der Waals surface area contributed by atoms with Crippen LogP contribution in [-0.2, 0) is 16.1 Å². The number of thioether (sulfide) groups is 1. The number of nitrogens with zero attached hydrogens (tertiary/aromatic N) is 3.